The van der Waals surface area contributed by atoms with Gasteiger partial charge < -0.3 is 49.2 Å². The molecule has 2 aromatic carbocycles. The van der Waals surface area contributed by atoms with Crippen LogP contribution in [0.2, 0.25) is 0 Å². The topological polar surface area (TPSA) is 238 Å². The molecule has 47 heavy (non-hydrogen) atoms. The Morgan fingerprint density at radius 2 is 1.83 bits per heavy atom. The smallest absolute Gasteiger partial charge is 0.407 e. The zero-order chi connectivity index (χ0) is 33.7. The van der Waals surface area contributed by atoms with E-state index in [0.29, 0.717) is 0 Å². The molecular formula is C30H32ArNO14S-. The number of rotatable bonds is 8. The molecule has 1 saturated heterocycles. The number of aliphatic hydroxyl groups excluding tert-OH is 1. The van der Waals surface area contributed by atoms with E-state index in [2.05, 4.69) is 5.32 Å². The van der Waals surface area contributed by atoms with Gasteiger partial charge in [-0.2, -0.15) is 0 Å². The third kappa shape index (κ3) is 6.93. The maximum atomic E-state index is 13.8. The number of fused-ring (bicyclic) bond motifs is 3. The number of ether oxygens (including phenoxy) is 4. The van der Waals surface area contributed by atoms with Crippen molar-refractivity contribution in [3.05, 3.63) is 51.6 Å². The Hall–Kier alpha value is -2.67. The summed E-state index contributed by atoms with van der Waals surface area (Å²) < 4.78 is 43.5. The second kappa shape index (κ2) is 14.4. The van der Waals surface area contributed by atoms with Gasteiger partial charge in [-0.15, -0.1) is 0 Å². The van der Waals surface area contributed by atoms with E-state index in [0.717, 1.165) is 6.92 Å². The molecule has 256 valence electrons. The Morgan fingerprint density at radius 3 is 2.47 bits per heavy atom. The van der Waals surface area contributed by atoms with Crippen molar-refractivity contribution in [2.75, 3.05) is 19.5 Å². The SMILES string of the molecule is COc1cccc2c1C(=O)c1c(O)c3c(c(O)c1C2=O)C[C@@](O)(C(C)=O)C[C@@H]3OC1CC(NC(=O)OCCS(=O)[O-])C(O)C(C)O1.[Ar]. The van der Waals surface area contributed by atoms with Crippen LogP contribution in [0.3, 0.4) is 0 Å². The molecule has 7 atom stereocenters. The summed E-state index contributed by atoms with van der Waals surface area (Å²) in [6, 6.07) is 3.29. The molecule has 5 N–H and O–H groups in total. The van der Waals surface area contributed by atoms with E-state index >= 15 is 0 Å². The number of methoxy groups -OCH3 is 1. The Kier molecular flexibility index (Phi) is 11.4. The third-order valence-electron chi connectivity index (χ3n) is 8.54. The summed E-state index contributed by atoms with van der Waals surface area (Å²) in [4.78, 5) is 52.3. The Bertz CT molecular complexity index is 1650. The number of aliphatic hydroxyl groups is 2. The fourth-order valence-electron chi connectivity index (χ4n) is 6.16. The van der Waals surface area contributed by atoms with E-state index in [1.54, 1.807) is 0 Å². The van der Waals surface area contributed by atoms with Gasteiger partial charge in [0.15, 0.2) is 17.9 Å². The summed E-state index contributed by atoms with van der Waals surface area (Å²) >= 11 is -2.43. The average Bonchev–Trinajstić information content (AvgIpc) is 2.99. The standard InChI is InChI=1S/C30H33NO14S.Ar/c1-12-24(33)16(31-29(38)43-7-8-46(40)41)9-19(44-12)45-18-11-30(39,13(2)32)10-15-21(18)28(37)23-22(26(15)35)25(34)14-5-4-6-17(42-3)20(14)27(23)36;/h4-6,12,16,18-19,24,33,35,37,39H,7-11H2,1-3H3,(H,31,38)(H,40,41);/p-1/t12?,16?,18-,19?,24?,30-;/m0./s1. The number of amides is 1. The molecule has 0 aromatic heterocycles. The number of hydrogen-bond acceptors (Lipinski definition) is 14. The first-order chi connectivity index (χ1) is 21.7. The van der Waals surface area contributed by atoms with E-state index in [-0.39, 0.29) is 72.2 Å². The van der Waals surface area contributed by atoms with Gasteiger partial charge >= 0.3 is 6.09 Å². The second-order valence-electron chi connectivity index (χ2n) is 11.4. The molecule has 0 spiro atoms. The van der Waals surface area contributed by atoms with Gasteiger partial charge in [-0.25, -0.2) is 4.79 Å². The van der Waals surface area contributed by atoms with E-state index < -0.39 is 119 Å². The molecule has 15 nitrogen and oxygen atoms in total. The number of ketones is 3. The number of alkyl carbamates (subject to hydrolysis) is 1. The number of phenolic OH excluding ortho intramolecular Hbond substituents is 2. The zero-order valence-electron chi connectivity index (χ0n) is 25.3. The first-order valence-electron chi connectivity index (χ1n) is 14.3. The number of hydrogen-bond donors (Lipinski definition) is 5. The van der Waals surface area contributed by atoms with Gasteiger partial charge in [0.2, 0.25) is 5.78 Å². The molecule has 17 heteroatoms. The van der Waals surface area contributed by atoms with Crippen molar-refractivity contribution in [2.45, 2.75) is 69.4 Å². The fraction of sp³-hybridized carbons (Fsp3) is 0.467. The summed E-state index contributed by atoms with van der Waals surface area (Å²) in [6.45, 7) is 2.18. The number of nitrogens with one attached hydrogen (secondary N) is 1. The van der Waals surface area contributed by atoms with Crippen LogP contribution in [0.15, 0.2) is 18.2 Å². The van der Waals surface area contributed by atoms with Gasteiger partial charge in [0.05, 0.1) is 42.0 Å². The Labute approximate surface area is 300 Å². The molecule has 2 aromatic rings. The first-order valence-corrected chi connectivity index (χ1v) is 15.5. The molecular weight excluding hydrogens is 670 g/mol. The van der Waals surface area contributed by atoms with Crippen LogP contribution in [-0.2, 0) is 36.5 Å². The maximum absolute atomic E-state index is 13.8. The van der Waals surface area contributed by atoms with Crippen molar-refractivity contribution >= 4 is 34.5 Å². The first kappa shape index (κ1) is 37.2. The molecule has 0 saturated carbocycles. The second-order valence-corrected chi connectivity index (χ2v) is 12.4. The van der Waals surface area contributed by atoms with Crippen molar-refractivity contribution in [1.82, 2.24) is 5.32 Å². The molecule has 1 aliphatic heterocycles. The quantitative estimate of drug-likeness (QED) is 0.160. The van der Waals surface area contributed by atoms with Gasteiger partial charge in [-0.3, -0.25) is 18.6 Å². The molecule has 1 amide bonds. The molecule has 1 heterocycles. The van der Waals surface area contributed by atoms with Crippen LogP contribution in [-0.4, -0.2) is 102 Å². The minimum atomic E-state index is -2.43. The maximum Gasteiger partial charge on any atom is 0.407 e. The van der Waals surface area contributed by atoms with Crippen LogP contribution in [0.25, 0.3) is 0 Å². The summed E-state index contributed by atoms with van der Waals surface area (Å²) in [5.74, 6) is -4.07. The van der Waals surface area contributed by atoms with Crippen molar-refractivity contribution < 1.29 is 105 Å². The van der Waals surface area contributed by atoms with Crippen LogP contribution in [0.5, 0.6) is 17.2 Å². The van der Waals surface area contributed by atoms with Crippen LogP contribution >= 0.6 is 0 Å². The number of phenols is 2. The molecule has 1 fully saturated rings. The van der Waals surface area contributed by atoms with Crippen LogP contribution in [0, 0.1) is 37.7 Å². The van der Waals surface area contributed by atoms with Crippen molar-refractivity contribution in [2.24, 2.45) is 0 Å². The summed E-state index contributed by atoms with van der Waals surface area (Å²) in [6.07, 6.45) is -7.03. The van der Waals surface area contributed by atoms with Crippen LogP contribution < -0.4 is 10.1 Å². The number of Topliss-reactive ketones (excluding diaryl/α,β-unsaturated/α-hetero) is 1. The zero-order valence-corrected chi connectivity index (χ0v) is 26.8. The summed E-state index contributed by atoms with van der Waals surface area (Å²) in [5, 5.41) is 47.5. The monoisotopic (exact) mass is 702 g/mol. The number of carbonyl (C=O) groups is 4. The minimum Gasteiger partial charge on any atom is -0.772 e. The number of carbonyl (C=O) groups excluding carboxylic acids is 4. The minimum absolute atomic E-state index is 0. The van der Waals surface area contributed by atoms with Gasteiger partial charge in [0, 0.05) is 79.4 Å². The predicted molar refractivity (Wildman–Crippen MR) is 154 cm³/mol. The van der Waals surface area contributed by atoms with E-state index in [1.807, 2.05) is 0 Å². The predicted octanol–water partition coefficient (Wildman–Crippen LogP) is 0.675. The molecule has 5 rings (SSSR count). The van der Waals surface area contributed by atoms with Crippen LogP contribution in [0.4, 0.5) is 4.79 Å². The Balaban J connectivity index is 0.00000500. The van der Waals surface area contributed by atoms with E-state index in [4.69, 9.17) is 18.9 Å². The van der Waals surface area contributed by atoms with Crippen LogP contribution in [0.1, 0.15) is 75.8 Å². The van der Waals surface area contributed by atoms with Crippen molar-refractivity contribution in [3.63, 3.8) is 0 Å². The molecule has 5 unspecified atom stereocenters. The van der Waals surface area contributed by atoms with E-state index in [1.165, 1.54) is 32.2 Å². The van der Waals surface area contributed by atoms with Gasteiger partial charge in [0.1, 0.15) is 35.6 Å². The molecule has 2 aliphatic carbocycles. The van der Waals surface area contributed by atoms with Crippen molar-refractivity contribution in [3.8, 4) is 17.2 Å². The number of benzene rings is 2. The molecule has 0 radical (unpaired) electrons. The van der Waals surface area contributed by atoms with Gasteiger partial charge in [0.25, 0.3) is 0 Å². The van der Waals surface area contributed by atoms with Crippen molar-refractivity contribution in [1.29, 1.82) is 0 Å². The Morgan fingerprint density at radius 1 is 1.15 bits per heavy atom. The van der Waals surface area contributed by atoms with E-state index in [9.17, 15) is 48.4 Å². The van der Waals surface area contributed by atoms with Gasteiger partial charge in [-0.1, -0.05) is 23.2 Å². The summed E-state index contributed by atoms with van der Waals surface area (Å²) in [7, 11) is 1.30. The molecule has 0 bridgehead atoms. The fourth-order valence-corrected chi connectivity index (χ4v) is 6.38. The third-order valence-corrected chi connectivity index (χ3v) is 9.04. The molecule has 3 aliphatic rings. The van der Waals surface area contributed by atoms with Gasteiger partial charge in [-0.05, 0) is 19.9 Å². The normalized spacial score (nSPS) is 27.0. The number of aromatic hydroxyl groups is 2. The summed E-state index contributed by atoms with van der Waals surface area (Å²) in [5.41, 5.74) is -3.65. The average molecular weight is 703 g/mol. The largest absolute Gasteiger partial charge is 0.772 e.